The lowest BCUT2D eigenvalue weighted by molar-refractivity contribution is -0.115. The maximum Gasteiger partial charge on any atom is 0.290 e. The van der Waals surface area contributed by atoms with Gasteiger partial charge in [0.15, 0.2) is 0 Å². The van der Waals surface area contributed by atoms with Gasteiger partial charge in [-0.05, 0) is 29.5 Å². The maximum absolute atomic E-state index is 11.5. The SMILES string of the molecule is O=C1NC(=O)/C(=C/c2ccnc(Cc3ccccc3)n2)S1. The number of amides is 2. The number of benzene rings is 1. The monoisotopic (exact) mass is 297 g/mol. The van der Waals surface area contributed by atoms with Crippen molar-refractivity contribution in [2.75, 3.05) is 0 Å². The summed E-state index contributed by atoms with van der Waals surface area (Å²) in [5.74, 6) is 0.290. The first-order chi connectivity index (χ1) is 10.2. The van der Waals surface area contributed by atoms with Gasteiger partial charge in [-0.25, -0.2) is 9.97 Å². The van der Waals surface area contributed by atoms with Gasteiger partial charge in [-0.2, -0.15) is 0 Å². The zero-order valence-electron chi connectivity index (χ0n) is 10.9. The van der Waals surface area contributed by atoms with Gasteiger partial charge in [0.2, 0.25) is 0 Å². The number of rotatable bonds is 3. The average Bonchev–Trinajstić information content (AvgIpc) is 2.78. The van der Waals surface area contributed by atoms with Gasteiger partial charge in [-0.15, -0.1) is 0 Å². The largest absolute Gasteiger partial charge is 0.290 e. The molecule has 1 aliphatic rings. The zero-order valence-corrected chi connectivity index (χ0v) is 11.8. The Balaban J connectivity index is 1.82. The number of aromatic nitrogens is 2. The molecule has 2 amide bonds. The van der Waals surface area contributed by atoms with Crippen LogP contribution in [0.4, 0.5) is 4.79 Å². The summed E-state index contributed by atoms with van der Waals surface area (Å²) in [4.78, 5) is 31.6. The van der Waals surface area contributed by atoms with Crippen molar-refractivity contribution in [3.63, 3.8) is 0 Å². The second kappa shape index (κ2) is 5.88. The quantitative estimate of drug-likeness (QED) is 0.881. The Labute approximate surface area is 125 Å². The van der Waals surface area contributed by atoms with Crippen LogP contribution < -0.4 is 5.32 Å². The van der Waals surface area contributed by atoms with Gasteiger partial charge in [0.25, 0.3) is 11.1 Å². The third-order valence-electron chi connectivity index (χ3n) is 2.85. The number of imide groups is 1. The summed E-state index contributed by atoms with van der Waals surface area (Å²) in [7, 11) is 0. The molecule has 1 aromatic carbocycles. The molecule has 2 aromatic rings. The van der Waals surface area contributed by atoms with E-state index in [9.17, 15) is 9.59 Å². The highest BCUT2D eigenvalue weighted by Crippen LogP contribution is 2.24. The minimum atomic E-state index is -0.381. The van der Waals surface area contributed by atoms with Crippen LogP contribution in [0, 0.1) is 0 Å². The molecule has 0 spiro atoms. The summed E-state index contributed by atoms with van der Waals surface area (Å²) in [5.41, 5.74) is 1.73. The average molecular weight is 297 g/mol. The summed E-state index contributed by atoms with van der Waals surface area (Å²) in [6, 6.07) is 11.6. The second-order valence-electron chi connectivity index (χ2n) is 4.41. The van der Waals surface area contributed by atoms with E-state index in [2.05, 4.69) is 15.3 Å². The molecule has 1 saturated heterocycles. The molecule has 5 nitrogen and oxygen atoms in total. The number of carbonyl (C=O) groups excluding carboxylic acids is 2. The van der Waals surface area contributed by atoms with Crippen molar-refractivity contribution in [2.24, 2.45) is 0 Å². The lowest BCUT2D eigenvalue weighted by atomic mass is 10.1. The highest BCUT2D eigenvalue weighted by molar-refractivity contribution is 8.18. The number of carbonyl (C=O) groups is 2. The lowest BCUT2D eigenvalue weighted by Gasteiger charge is -2.01. The van der Waals surface area contributed by atoms with Crippen molar-refractivity contribution < 1.29 is 9.59 Å². The summed E-state index contributed by atoms with van der Waals surface area (Å²) in [6.07, 6.45) is 3.87. The molecule has 21 heavy (non-hydrogen) atoms. The number of thioether (sulfide) groups is 1. The van der Waals surface area contributed by atoms with E-state index in [0.717, 1.165) is 17.3 Å². The minimum absolute atomic E-state index is 0.351. The Bertz CT molecular complexity index is 729. The van der Waals surface area contributed by atoms with Crippen molar-refractivity contribution in [3.8, 4) is 0 Å². The van der Waals surface area contributed by atoms with Crippen LogP contribution in [0.2, 0.25) is 0 Å². The first kappa shape index (κ1) is 13.5. The minimum Gasteiger partial charge on any atom is -0.282 e. The van der Waals surface area contributed by atoms with Crippen LogP contribution in [0.1, 0.15) is 17.1 Å². The molecule has 1 aromatic heterocycles. The summed E-state index contributed by atoms with van der Waals surface area (Å²) < 4.78 is 0. The standard InChI is InChI=1S/C15H11N3O2S/c19-14-12(21-15(20)18-14)9-11-6-7-16-13(17-11)8-10-4-2-1-3-5-10/h1-7,9H,8H2,(H,18,19,20)/b12-9-. The fourth-order valence-corrected chi connectivity index (χ4v) is 2.58. The Hall–Kier alpha value is -2.47. The van der Waals surface area contributed by atoms with Gasteiger partial charge in [0.1, 0.15) is 5.82 Å². The molecule has 1 N–H and O–H groups in total. The van der Waals surface area contributed by atoms with Crippen LogP contribution in [-0.2, 0) is 11.2 Å². The highest BCUT2D eigenvalue weighted by atomic mass is 32.2. The Kier molecular flexibility index (Phi) is 3.79. The van der Waals surface area contributed by atoms with Crippen molar-refractivity contribution in [3.05, 3.63) is 64.6 Å². The highest BCUT2D eigenvalue weighted by Gasteiger charge is 2.25. The normalized spacial score (nSPS) is 16.3. The van der Waals surface area contributed by atoms with Gasteiger partial charge in [-0.3, -0.25) is 14.9 Å². The first-order valence-corrected chi connectivity index (χ1v) is 7.13. The van der Waals surface area contributed by atoms with E-state index < -0.39 is 0 Å². The Morgan fingerprint density at radius 3 is 2.67 bits per heavy atom. The van der Waals surface area contributed by atoms with Crippen LogP contribution >= 0.6 is 11.8 Å². The Morgan fingerprint density at radius 1 is 1.14 bits per heavy atom. The maximum atomic E-state index is 11.5. The molecule has 0 unspecified atom stereocenters. The molecule has 2 heterocycles. The Morgan fingerprint density at radius 2 is 1.95 bits per heavy atom. The van der Waals surface area contributed by atoms with Gasteiger partial charge in [-0.1, -0.05) is 30.3 Å². The third kappa shape index (κ3) is 3.35. The smallest absolute Gasteiger partial charge is 0.282 e. The van der Waals surface area contributed by atoms with Gasteiger partial charge < -0.3 is 0 Å². The number of nitrogens with one attached hydrogen (secondary N) is 1. The molecule has 1 fully saturated rings. The summed E-state index contributed by atoms with van der Waals surface area (Å²) in [5, 5.41) is 1.86. The van der Waals surface area contributed by atoms with Crippen molar-refractivity contribution in [2.45, 2.75) is 6.42 Å². The predicted molar refractivity (Wildman–Crippen MR) is 80.4 cm³/mol. The number of hydrogen-bond donors (Lipinski definition) is 1. The van der Waals surface area contributed by atoms with E-state index in [1.807, 2.05) is 30.3 Å². The second-order valence-corrected chi connectivity index (χ2v) is 5.43. The number of hydrogen-bond acceptors (Lipinski definition) is 5. The van der Waals surface area contributed by atoms with Crippen LogP contribution in [0.3, 0.4) is 0 Å². The van der Waals surface area contributed by atoms with Gasteiger partial charge >= 0.3 is 0 Å². The predicted octanol–water partition coefficient (Wildman–Crippen LogP) is 2.39. The van der Waals surface area contributed by atoms with E-state index in [1.54, 1.807) is 18.3 Å². The molecular weight excluding hydrogens is 286 g/mol. The van der Waals surface area contributed by atoms with E-state index in [1.165, 1.54) is 0 Å². The van der Waals surface area contributed by atoms with Crippen LogP contribution in [-0.4, -0.2) is 21.1 Å². The van der Waals surface area contributed by atoms with E-state index in [4.69, 9.17) is 0 Å². The molecular formula is C15H11N3O2S. The molecule has 0 radical (unpaired) electrons. The zero-order chi connectivity index (χ0) is 14.7. The molecule has 0 aliphatic carbocycles. The van der Waals surface area contributed by atoms with Crippen LogP contribution in [0.15, 0.2) is 47.5 Å². The van der Waals surface area contributed by atoms with Gasteiger partial charge in [0, 0.05) is 12.6 Å². The van der Waals surface area contributed by atoms with Crippen molar-refractivity contribution in [1.82, 2.24) is 15.3 Å². The summed E-state index contributed by atoms with van der Waals surface area (Å²) in [6.45, 7) is 0. The van der Waals surface area contributed by atoms with E-state index in [0.29, 0.717) is 22.8 Å². The lowest BCUT2D eigenvalue weighted by Crippen LogP contribution is -2.17. The fourth-order valence-electron chi connectivity index (χ4n) is 1.91. The molecule has 104 valence electrons. The molecule has 1 aliphatic heterocycles. The van der Waals surface area contributed by atoms with Crippen LogP contribution in [0.25, 0.3) is 6.08 Å². The van der Waals surface area contributed by atoms with Crippen LogP contribution in [0.5, 0.6) is 0 Å². The fraction of sp³-hybridized carbons (Fsp3) is 0.0667. The van der Waals surface area contributed by atoms with Crippen molar-refractivity contribution in [1.29, 1.82) is 0 Å². The molecule has 3 rings (SSSR count). The van der Waals surface area contributed by atoms with E-state index in [-0.39, 0.29) is 11.1 Å². The third-order valence-corrected chi connectivity index (χ3v) is 3.66. The van der Waals surface area contributed by atoms with E-state index >= 15 is 0 Å². The molecule has 6 heteroatoms. The summed E-state index contributed by atoms with van der Waals surface area (Å²) >= 11 is 0.879. The number of nitrogens with zero attached hydrogens (tertiary/aromatic N) is 2. The molecule has 0 atom stereocenters. The first-order valence-electron chi connectivity index (χ1n) is 6.31. The molecule has 0 bridgehead atoms. The van der Waals surface area contributed by atoms with Gasteiger partial charge in [0.05, 0.1) is 10.6 Å². The molecule has 0 saturated carbocycles. The topological polar surface area (TPSA) is 72.0 Å². The van der Waals surface area contributed by atoms with Crippen molar-refractivity contribution >= 4 is 29.0 Å².